The van der Waals surface area contributed by atoms with Crippen LogP contribution in [0.25, 0.3) is 0 Å². The lowest BCUT2D eigenvalue weighted by Crippen LogP contribution is -1.93. The molecule has 0 fully saturated rings. The average Bonchev–Trinajstić information content (AvgIpc) is 2.37. The first-order valence-corrected chi connectivity index (χ1v) is 8.22. The van der Waals surface area contributed by atoms with Crippen LogP contribution >= 0.6 is 66.7 Å². The lowest BCUT2D eigenvalue weighted by molar-refractivity contribution is 0.471. The summed E-state index contributed by atoms with van der Waals surface area (Å²) in [4.78, 5) is 0. The van der Waals surface area contributed by atoms with Crippen molar-refractivity contribution in [3.05, 3.63) is 53.8 Å². The zero-order valence-electron chi connectivity index (χ0n) is 10.2. The number of phenols is 1. The van der Waals surface area contributed by atoms with Crippen LogP contribution < -0.4 is 5.43 Å². The Bertz CT molecular complexity index is 700. The van der Waals surface area contributed by atoms with Gasteiger partial charge in [0.1, 0.15) is 5.75 Å². The van der Waals surface area contributed by atoms with Gasteiger partial charge in [-0.1, -0.05) is 50.7 Å². The number of rotatable bonds is 3. The van der Waals surface area contributed by atoms with E-state index in [0.29, 0.717) is 30.8 Å². The van der Waals surface area contributed by atoms with Gasteiger partial charge in [0.05, 0.1) is 26.4 Å². The van der Waals surface area contributed by atoms with E-state index in [2.05, 4.69) is 42.4 Å². The second kappa shape index (κ2) is 7.20. The molecule has 0 radical (unpaired) electrons. The largest absolute Gasteiger partial charge is 0.506 e. The van der Waals surface area contributed by atoms with Crippen LogP contribution in [0.4, 0.5) is 5.69 Å². The minimum atomic E-state index is 0.0806. The van der Waals surface area contributed by atoms with Gasteiger partial charge in [0.2, 0.25) is 0 Å². The van der Waals surface area contributed by atoms with Gasteiger partial charge in [0.25, 0.3) is 0 Å². The number of benzene rings is 2. The van der Waals surface area contributed by atoms with Gasteiger partial charge in [-0.2, -0.15) is 5.10 Å². The Hall–Kier alpha value is -0.460. The summed E-state index contributed by atoms with van der Waals surface area (Å²) in [5, 5.41) is 15.1. The summed E-state index contributed by atoms with van der Waals surface area (Å²) in [6.45, 7) is 0. The SMILES string of the molecule is Oc1c(Br)cc(Br)cc1/C=N\Nc1c(Cl)cc(Cl)cc1Cl. The van der Waals surface area contributed by atoms with Crippen LogP contribution in [0.5, 0.6) is 5.75 Å². The molecule has 2 aromatic rings. The maximum absolute atomic E-state index is 9.91. The molecule has 0 aliphatic carbocycles. The van der Waals surface area contributed by atoms with Crippen molar-refractivity contribution >= 4 is 78.6 Å². The Morgan fingerprint density at radius 2 is 1.67 bits per heavy atom. The highest BCUT2D eigenvalue weighted by molar-refractivity contribution is 9.11. The summed E-state index contributed by atoms with van der Waals surface area (Å²) in [7, 11) is 0. The lowest BCUT2D eigenvalue weighted by atomic mass is 10.2. The Morgan fingerprint density at radius 1 is 1.05 bits per heavy atom. The summed E-state index contributed by atoms with van der Waals surface area (Å²) in [5.74, 6) is 0.0806. The van der Waals surface area contributed by atoms with Crippen molar-refractivity contribution < 1.29 is 5.11 Å². The molecule has 2 aromatic carbocycles. The molecule has 0 aliphatic rings. The maximum atomic E-state index is 9.91. The molecule has 0 heterocycles. The van der Waals surface area contributed by atoms with Crippen LogP contribution in [0.15, 0.2) is 38.3 Å². The smallest absolute Gasteiger partial charge is 0.138 e. The third-order valence-corrected chi connectivity index (χ3v) is 4.32. The number of hydrazone groups is 1. The number of hydrogen-bond donors (Lipinski definition) is 2. The summed E-state index contributed by atoms with van der Waals surface area (Å²) in [6, 6.07) is 6.56. The number of hydrogen-bond acceptors (Lipinski definition) is 3. The minimum Gasteiger partial charge on any atom is -0.506 e. The Kier molecular flexibility index (Phi) is 5.80. The second-order valence-corrected chi connectivity index (χ2v) is 6.96. The first-order valence-electron chi connectivity index (χ1n) is 5.50. The van der Waals surface area contributed by atoms with Crippen molar-refractivity contribution in [1.82, 2.24) is 0 Å². The molecule has 0 unspecified atom stereocenters. The van der Waals surface area contributed by atoms with E-state index < -0.39 is 0 Å². The number of nitrogens with one attached hydrogen (secondary N) is 1. The highest BCUT2D eigenvalue weighted by atomic mass is 79.9. The van der Waals surface area contributed by atoms with Gasteiger partial charge < -0.3 is 5.11 Å². The monoisotopic (exact) mass is 470 g/mol. The summed E-state index contributed by atoms with van der Waals surface area (Å²) >= 11 is 24.5. The molecule has 0 atom stereocenters. The van der Waals surface area contributed by atoms with Gasteiger partial charge in [-0.25, -0.2) is 0 Å². The third-order valence-electron chi connectivity index (χ3n) is 2.44. The van der Waals surface area contributed by atoms with Gasteiger partial charge in [-0.15, -0.1) is 0 Å². The van der Waals surface area contributed by atoms with E-state index in [1.807, 2.05) is 0 Å². The highest BCUT2D eigenvalue weighted by Gasteiger charge is 2.08. The predicted octanol–water partition coefficient (Wildman–Crippen LogP) is 6.32. The van der Waals surface area contributed by atoms with Crippen molar-refractivity contribution in [2.75, 3.05) is 5.43 Å². The fourth-order valence-corrected chi connectivity index (χ4v) is 3.66. The molecule has 0 saturated carbocycles. The van der Waals surface area contributed by atoms with Gasteiger partial charge in [0, 0.05) is 15.1 Å². The quantitative estimate of drug-likeness (QED) is 0.405. The molecule has 21 heavy (non-hydrogen) atoms. The minimum absolute atomic E-state index is 0.0806. The van der Waals surface area contributed by atoms with Crippen LogP contribution in [0.1, 0.15) is 5.56 Å². The summed E-state index contributed by atoms with van der Waals surface area (Å²) < 4.78 is 1.36. The maximum Gasteiger partial charge on any atom is 0.138 e. The van der Waals surface area contributed by atoms with Crippen molar-refractivity contribution in [1.29, 1.82) is 0 Å². The molecule has 0 spiro atoms. The molecule has 0 aliphatic heterocycles. The lowest BCUT2D eigenvalue weighted by Gasteiger charge is -2.07. The fourth-order valence-electron chi connectivity index (χ4n) is 1.50. The van der Waals surface area contributed by atoms with E-state index in [1.54, 1.807) is 24.3 Å². The molecule has 0 bridgehead atoms. The van der Waals surface area contributed by atoms with Crippen molar-refractivity contribution in [2.24, 2.45) is 5.10 Å². The molecule has 8 heteroatoms. The van der Waals surface area contributed by atoms with Crippen molar-refractivity contribution in [3.8, 4) is 5.75 Å². The van der Waals surface area contributed by atoms with Gasteiger partial charge in [-0.05, 0) is 40.2 Å². The normalized spacial score (nSPS) is 11.1. The van der Waals surface area contributed by atoms with Crippen LogP contribution in [0.3, 0.4) is 0 Å². The number of aromatic hydroxyl groups is 1. The molecule has 0 amide bonds. The Balaban J connectivity index is 2.25. The Morgan fingerprint density at radius 3 is 2.29 bits per heavy atom. The van der Waals surface area contributed by atoms with E-state index in [-0.39, 0.29) is 5.75 Å². The van der Waals surface area contributed by atoms with Crippen LogP contribution in [0.2, 0.25) is 15.1 Å². The van der Waals surface area contributed by atoms with Crippen molar-refractivity contribution in [3.63, 3.8) is 0 Å². The molecule has 110 valence electrons. The van der Waals surface area contributed by atoms with Crippen LogP contribution in [-0.2, 0) is 0 Å². The fraction of sp³-hybridized carbons (Fsp3) is 0. The molecule has 3 nitrogen and oxygen atoms in total. The van der Waals surface area contributed by atoms with Gasteiger partial charge >= 0.3 is 0 Å². The molecule has 2 rings (SSSR count). The third kappa shape index (κ3) is 4.27. The second-order valence-electron chi connectivity index (χ2n) is 3.94. The standard InChI is InChI=1S/C13H7Br2Cl3N2O/c14-7-1-6(13(21)9(15)2-7)5-19-20-12-10(17)3-8(16)4-11(12)18/h1-5,20-21H/b19-5-. The van der Waals surface area contributed by atoms with E-state index in [1.165, 1.54) is 6.21 Å². The molecular weight excluding hydrogens is 466 g/mol. The van der Waals surface area contributed by atoms with Crippen LogP contribution in [0, 0.1) is 0 Å². The molecule has 0 aromatic heterocycles. The number of halogens is 5. The van der Waals surface area contributed by atoms with Gasteiger partial charge in [0.15, 0.2) is 0 Å². The van der Waals surface area contributed by atoms with Crippen molar-refractivity contribution in [2.45, 2.75) is 0 Å². The van der Waals surface area contributed by atoms with E-state index in [4.69, 9.17) is 34.8 Å². The van der Waals surface area contributed by atoms with Gasteiger partial charge in [-0.3, -0.25) is 5.43 Å². The molecule has 0 saturated heterocycles. The first-order chi connectivity index (χ1) is 9.88. The zero-order chi connectivity index (χ0) is 15.6. The first kappa shape index (κ1) is 16.9. The van der Waals surface area contributed by atoms with E-state index in [0.717, 1.165) is 4.47 Å². The Labute approximate surface area is 153 Å². The molecule has 2 N–H and O–H groups in total. The highest BCUT2D eigenvalue weighted by Crippen LogP contribution is 2.34. The summed E-state index contributed by atoms with van der Waals surface area (Å²) in [6.07, 6.45) is 1.45. The topological polar surface area (TPSA) is 44.6 Å². The van der Waals surface area contributed by atoms with Crippen LogP contribution in [-0.4, -0.2) is 11.3 Å². The number of phenolic OH excluding ortho intramolecular Hbond substituents is 1. The number of nitrogens with zero attached hydrogens (tertiary/aromatic N) is 1. The van der Waals surface area contributed by atoms with E-state index in [9.17, 15) is 5.11 Å². The average molecular weight is 473 g/mol. The van der Waals surface area contributed by atoms with E-state index >= 15 is 0 Å². The number of anilines is 1. The zero-order valence-corrected chi connectivity index (χ0v) is 15.6. The predicted molar refractivity (Wildman–Crippen MR) is 96.2 cm³/mol. The molecular formula is C13H7Br2Cl3N2O. The summed E-state index contributed by atoms with van der Waals surface area (Å²) in [5.41, 5.74) is 3.68.